The van der Waals surface area contributed by atoms with Gasteiger partial charge in [-0.2, -0.15) is 9.78 Å². The van der Waals surface area contributed by atoms with E-state index in [0.717, 1.165) is 11.2 Å². The van der Waals surface area contributed by atoms with Gasteiger partial charge in [-0.25, -0.2) is 9.97 Å². The Morgan fingerprint density at radius 1 is 1.28 bits per heavy atom. The number of nitriles is 1. The Morgan fingerprint density at radius 2 is 2.17 bits per heavy atom. The van der Waals surface area contributed by atoms with Crippen molar-refractivity contribution >= 4 is 5.65 Å². The number of hydrogen-bond donors (Lipinski definition) is 0. The van der Waals surface area contributed by atoms with Gasteiger partial charge in [-0.1, -0.05) is 12.1 Å². The molecule has 0 amide bonds. The van der Waals surface area contributed by atoms with Gasteiger partial charge in [0.15, 0.2) is 11.5 Å². The van der Waals surface area contributed by atoms with Crippen molar-refractivity contribution < 1.29 is 0 Å². The van der Waals surface area contributed by atoms with Crippen LogP contribution in [0.5, 0.6) is 0 Å². The molecule has 0 radical (unpaired) electrons. The first kappa shape index (κ1) is 10.4. The quantitative estimate of drug-likeness (QED) is 0.646. The summed E-state index contributed by atoms with van der Waals surface area (Å²) >= 11 is 0. The fourth-order valence-electron chi connectivity index (χ4n) is 1.85. The average Bonchev–Trinajstić information content (AvgIpc) is 2.78. The number of hydrogen-bond acceptors (Lipinski definition) is 4. The molecular formula is C13H9N5. The van der Waals surface area contributed by atoms with E-state index in [-0.39, 0.29) is 0 Å². The monoisotopic (exact) mass is 235 g/mol. The molecule has 0 aliphatic heterocycles. The van der Waals surface area contributed by atoms with Crippen molar-refractivity contribution in [2.45, 2.75) is 6.92 Å². The molecule has 0 fully saturated rings. The lowest BCUT2D eigenvalue weighted by atomic mass is 10.1. The summed E-state index contributed by atoms with van der Waals surface area (Å²) in [5, 5.41) is 13.2. The normalized spacial score (nSPS) is 10.4. The van der Waals surface area contributed by atoms with Crippen LogP contribution in [0.15, 0.2) is 36.5 Å². The van der Waals surface area contributed by atoms with Crippen LogP contribution in [-0.4, -0.2) is 19.6 Å². The predicted octanol–water partition coefficient (Wildman–Crippen LogP) is 1.97. The highest BCUT2D eigenvalue weighted by Gasteiger charge is 2.08. The summed E-state index contributed by atoms with van der Waals surface area (Å²) in [5.74, 6) is 1.38. The third-order valence-corrected chi connectivity index (χ3v) is 2.61. The van der Waals surface area contributed by atoms with Crippen LogP contribution in [0.25, 0.3) is 17.0 Å². The zero-order chi connectivity index (χ0) is 12.5. The average molecular weight is 235 g/mol. The Bertz CT molecular complexity index is 766. The Hall–Kier alpha value is -2.74. The molecule has 0 bridgehead atoms. The Morgan fingerprint density at radius 3 is 3.00 bits per heavy atom. The first-order valence-corrected chi connectivity index (χ1v) is 5.47. The highest BCUT2D eigenvalue weighted by molar-refractivity contribution is 5.60. The predicted molar refractivity (Wildman–Crippen MR) is 65.7 cm³/mol. The van der Waals surface area contributed by atoms with Crippen LogP contribution in [0.1, 0.15) is 11.4 Å². The van der Waals surface area contributed by atoms with Gasteiger partial charge in [-0.15, -0.1) is 5.10 Å². The van der Waals surface area contributed by atoms with Crippen LogP contribution < -0.4 is 0 Å². The Kier molecular flexibility index (Phi) is 2.27. The molecule has 0 aliphatic rings. The molecule has 5 heteroatoms. The van der Waals surface area contributed by atoms with Crippen LogP contribution in [0.2, 0.25) is 0 Å². The topological polar surface area (TPSA) is 66.9 Å². The summed E-state index contributed by atoms with van der Waals surface area (Å²) in [5.41, 5.74) is 2.20. The van der Waals surface area contributed by atoms with Gasteiger partial charge in [0.2, 0.25) is 0 Å². The van der Waals surface area contributed by atoms with Crippen LogP contribution in [0, 0.1) is 18.3 Å². The highest BCUT2D eigenvalue weighted by Crippen LogP contribution is 2.18. The van der Waals surface area contributed by atoms with E-state index in [9.17, 15) is 0 Å². The number of rotatable bonds is 1. The summed E-state index contributed by atoms with van der Waals surface area (Å²) in [7, 11) is 0. The zero-order valence-corrected chi connectivity index (χ0v) is 9.70. The smallest absolute Gasteiger partial charge is 0.163 e. The molecular weight excluding hydrogens is 226 g/mol. The number of benzene rings is 1. The minimum Gasteiger partial charge on any atom is -0.236 e. The molecule has 3 aromatic rings. The molecule has 0 saturated heterocycles. The van der Waals surface area contributed by atoms with Crippen LogP contribution in [0.3, 0.4) is 0 Å². The second-order valence-corrected chi connectivity index (χ2v) is 3.89. The molecule has 2 aromatic heterocycles. The maximum absolute atomic E-state index is 8.92. The van der Waals surface area contributed by atoms with E-state index < -0.39 is 0 Å². The van der Waals surface area contributed by atoms with Crippen LogP contribution in [-0.2, 0) is 0 Å². The number of aryl methyl sites for hydroxylation is 1. The fraction of sp³-hybridized carbons (Fsp3) is 0.0769. The van der Waals surface area contributed by atoms with Crippen molar-refractivity contribution in [1.29, 1.82) is 5.26 Å². The first-order chi connectivity index (χ1) is 8.78. The van der Waals surface area contributed by atoms with Gasteiger partial charge in [0.05, 0.1) is 11.6 Å². The van der Waals surface area contributed by atoms with Gasteiger partial charge in [0.1, 0.15) is 5.82 Å². The molecule has 2 heterocycles. The maximum atomic E-state index is 8.92. The van der Waals surface area contributed by atoms with Crippen molar-refractivity contribution in [2.75, 3.05) is 0 Å². The molecule has 3 rings (SSSR count). The number of fused-ring (bicyclic) bond motifs is 1. The minimum atomic E-state index is 0.600. The van der Waals surface area contributed by atoms with Gasteiger partial charge < -0.3 is 0 Å². The Balaban J connectivity index is 2.28. The summed E-state index contributed by atoms with van der Waals surface area (Å²) in [6.45, 7) is 1.84. The zero-order valence-electron chi connectivity index (χ0n) is 9.70. The summed E-state index contributed by atoms with van der Waals surface area (Å²) in [6, 6.07) is 11.2. The molecule has 0 unspecified atom stereocenters. The highest BCUT2D eigenvalue weighted by atomic mass is 15.3. The van der Waals surface area contributed by atoms with Crippen molar-refractivity contribution in [3.8, 4) is 17.5 Å². The third kappa shape index (κ3) is 1.60. The van der Waals surface area contributed by atoms with E-state index in [4.69, 9.17) is 5.26 Å². The third-order valence-electron chi connectivity index (χ3n) is 2.61. The van der Waals surface area contributed by atoms with Gasteiger partial charge in [-0.05, 0) is 19.1 Å². The van der Waals surface area contributed by atoms with E-state index in [1.54, 1.807) is 28.9 Å². The van der Waals surface area contributed by atoms with Crippen LogP contribution in [0.4, 0.5) is 0 Å². The van der Waals surface area contributed by atoms with Crippen molar-refractivity contribution in [1.82, 2.24) is 19.6 Å². The standard InChI is InChI=1S/C13H9N5/c1-9-16-12-5-6-15-13(18(12)17-9)11-4-2-3-10(7-11)8-14/h2-7H,1H3. The van der Waals surface area contributed by atoms with E-state index in [2.05, 4.69) is 21.1 Å². The van der Waals surface area contributed by atoms with Crippen LogP contribution >= 0.6 is 0 Å². The number of nitrogens with zero attached hydrogens (tertiary/aromatic N) is 5. The maximum Gasteiger partial charge on any atom is 0.163 e. The van der Waals surface area contributed by atoms with E-state index in [1.165, 1.54) is 0 Å². The summed E-state index contributed by atoms with van der Waals surface area (Å²) in [6.07, 6.45) is 1.69. The molecule has 0 atom stereocenters. The fourth-order valence-corrected chi connectivity index (χ4v) is 1.85. The first-order valence-electron chi connectivity index (χ1n) is 5.47. The van der Waals surface area contributed by atoms with Crippen molar-refractivity contribution in [3.05, 3.63) is 47.9 Å². The minimum absolute atomic E-state index is 0.600. The summed E-state index contributed by atoms with van der Waals surface area (Å²) < 4.78 is 1.69. The molecule has 0 saturated carbocycles. The lowest BCUT2D eigenvalue weighted by Gasteiger charge is -2.02. The lowest BCUT2D eigenvalue weighted by molar-refractivity contribution is 0.910. The van der Waals surface area contributed by atoms with Gasteiger partial charge in [0, 0.05) is 17.8 Å². The second kappa shape index (κ2) is 3.93. The molecule has 18 heavy (non-hydrogen) atoms. The number of aromatic nitrogens is 4. The van der Waals surface area contributed by atoms with Gasteiger partial charge in [-0.3, -0.25) is 0 Å². The molecule has 86 valence electrons. The van der Waals surface area contributed by atoms with Gasteiger partial charge in [0.25, 0.3) is 0 Å². The molecule has 0 aliphatic carbocycles. The lowest BCUT2D eigenvalue weighted by Crippen LogP contribution is -1.97. The van der Waals surface area contributed by atoms with E-state index >= 15 is 0 Å². The molecule has 5 nitrogen and oxygen atoms in total. The molecule has 1 aromatic carbocycles. The van der Waals surface area contributed by atoms with Crippen molar-refractivity contribution in [2.24, 2.45) is 0 Å². The largest absolute Gasteiger partial charge is 0.236 e. The molecule has 0 N–H and O–H groups in total. The Labute approximate surface area is 103 Å². The molecule has 0 spiro atoms. The van der Waals surface area contributed by atoms with E-state index in [0.29, 0.717) is 17.2 Å². The van der Waals surface area contributed by atoms with Crippen molar-refractivity contribution in [3.63, 3.8) is 0 Å². The SMILES string of the molecule is Cc1nc2ccnc(-c3cccc(C#N)c3)n2n1. The summed E-state index contributed by atoms with van der Waals surface area (Å²) in [4.78, 5) is 8.61. The second-order valence-electron chi connectivity index (χ2n) is 3.89. The van der Waals surface area contributed by atoms with Gasteiger partial charge >= 0.3 is 0 Å². The van der Waals surface area contributed by atoms with E-state index in [1.807, 2.05) is 19.1 Å².